The zero-order valence-corrected chi connectivity index (χ0v) is 22.2. The van der Waals surface area contributed by atoms with Gasteiger partial charge < -0.3 is 25.2 Å². The minimum Gasteiger partial charge on any atom is -0.493 e. The number of benzene rings is 2. The molecular formula is C27H27ClN4O5S. The fourth-order valence-corrected chi connectivity index (χ4v) is 5.86. The molecule has 0 bridgehead atoms. The van der Waals surface area contributed by atoms with E-state index < -0.39 is 18.1 Å². The average molecular weight is 555 g/mol. The van der Waals surface area contributed by atoms with E-state index in [2.05, 4.69) is 4.98 Å². The maximum absolute atomic E-state index is 12.2. The summed E-state index contributed by atoms with van der Waals surface area (Å²) in [5.74, 6) is 0.580. The van der Waals surface area contributed by atoms with Gasteiger partial charge in [-0.05, 0) is 38.0 Å². The SMILES string of the molecule is C[C@@H](Oc1cc(-n2cnc3ccc(OC[C@@H]4CCCN(C(=O)O)C4)cc32)sc1C(N)=O)c1ccccc1Cl. The Bertz CT molecular complexity index is 1490. The highest BCUT2D eigenvalue weighted by Gasteiger charge is 2.24. The van der Waals surface area contributed by atoms with Gasteiger partial charge in [0.25, 0.3) is 5.91 Å². The number of aromatic nitrogens is 2. The molecule has 2 atom stereocenters. The van der Waals surface area contributed by atoms with Crippen molar-refractivity contribution in [2.45, 2.75) is 25.9 Å². The number of piperidine rings is 1. The highest BCUT2D eigenvalue weighted by molar-refractivity contribution is 7.16. The monoisotopic (exact) mass is 554 g/mol. The van der Waals surface area contributed by atoms with E-state index >= 15 is 0 Å². The van der Waals surface area contributed by atoms with E-state index in [0.717, 1.165) is 29.4 Å². The summed E-state index contributed by atoms with van der Waals surface area (Å²) < 4.78 is 14.1. The number of likely N-dealkylation sites (tertiary alicyclic amines) is 1. The van der Waals surface area contributed by atoms with E-state index in [1.165, 1.54) is 16.2 Å². The molecule has 2 aromatic carbocycles. The second-order valence-corrected chi connectivity index (χ2v) is 10.7. The normalized spacial score (nSPS) is 16.4. The van der Waals surface area contributed by atoms with E-state index in [-0.39, 0.29) is 5.92 Å². The molecule has 4 aromatic rings. The smallest absolute Gasteiger partial charge is 0.407 e. The molecule has 2 amide bonds. The van der Waals surface area contributed by atoms with Gasteiger partial charge in [-0.1, -0.05) is 29.8 Å². The number of imidazole rings is 1. The highest BCUT2D eigenvalue weighted by Crippen LogP contribution is 2.37. The van der Waals surface area contributed by atoms with Gasteiger partial charge >= 0.3 is 6.09 Å². The van der Waals surface area contributed by atoms with Gasteiger partial charge in [0.1, 0.15) is 33.8 Å². The number of halogens is 1. The summed E-state index contributed by atoms with van der Waals surface area (Å²) in [4.78, 5) is 29.8. The minimum atomic E-state index is -0.893. The van der Waals surface area contributed by atoms with Crippen molar-refractivity contribution in [3.8, 4) is 16.5 Å². The number of amides is 2. The summed E-state index contributed by atoms with van der Waals surface area (Å²) in [7, 11) is 0. The van der Waals surface area contributed by atoms with Gasteiger partial charge in [0.15, 0.2) is 0 Å². The Morgan fingerprint density at radius 1 is 1.26 bits per heavy atom. The summed E-state index contributed by atoms with van der Waals surface area (Å²) in [5, 5.41) is 10.6. The lowest BCUT2D eigenvalue weighted by Gasteiger charge is -2.30. The van der Waals surface area contributed by atoms with Gasteiger partial charge in [0, 0.05) is 41.7 Å². The number of thiophene rings is 1. The highest BCUT2D eigenvalue weighted by atomic mass is 35.5. The standard InChI is InChI=1S/C27H27ClN4O5S/c1-16(19-6-2-3-7-20(19)28)37-23-12-24(38-25(23)26(29)33)32-15-30-21-9-8-18(11-22(21)32)36-14-17-5-4-10-31(13-17)27(34)35/h2-3,6-9,11-12,15-17H,4-5,10,13-14H2,1H3,(H2,29,33)(H,34,35)/t16-,17-/m1/s1. The van der Waals surface area contributed by atoms with Crippen LogP contribution in [0.3, 0.4) is 0 Å². The zero-order chi connectivity index (χ0) is 26.8. The summed E-state index contributed by atoms with van der Waals surface area (Å²) in [6.45, 7) is 3.32. The first kappa shape index (κ1) is 25.9. The molecule has 2 aromatic heterocycles. The predicted octanol–water partition coefficient (Wildman–Crippen LogP) is 5.75. The van der Waals surface area contributed by atoms with Crippen LogP contribution in [-0.2, 0) is 0 Å². The van der Waals surface area contributed by atoms with Gasteiger partial charge in [-0.25, -0.2) is 9.78 Å². The Morgan fingerprint density at radius 2 is 2.08 bits per heavy atom. The molecule has 0 radical (unpaired) electrons. The van der Waals surface area contributed by atoms with Crippen LogP contribution in [-0.4, -0.2) is 51.3 Å². The third-order valence-electron chi connectivity index (χ3n) is 6.59. The van der Waals surface area contributed by atoms with Crippen molar-refractivity contribution < 1.29 is 24.2 Å². The van der Waals surface area contributed by atoms with Crippen LogP contribution in [0.15, 0.2) is 54.9 Å². The largest absolute Gasteiger partial charge is 0.493 e. The van der Waals surface area contributed by atoms with Crippen molar-refractivity contribution in [3.63, 3.8) is 0 Å². The molecule has 11 heteroatoms. The molecule has 5 rings (SSSR count). The van der Waals surface area contributed by atoms with Crippen LogP contribution in [0.4, 0.5) is 4.79 Å². The van der Waals surface area contributed by atoms with Crippen LogP contribution in [0.25, 0.3) is 16.0 Å². The lowest BCUT2D eigenvalue weighted by atomic mass is 9.99. The van der Waals surface area contributed by atoms with Crippen molar-refractivity contribution in [3.05, 3.63) is 70.3 Å². The van der Waals surface area contributed by atoms with E-state index in [1.807, 2.05) is 47.9 Å². The first-order valence-corrected chi connectivity index (χ1v) is 13.4. The number of rotatable bonds is 8. The maximum Gasteiger partial charge on any atom is 0.407 e. The second kappa shape index (κ2) is 10.9. The molecule has 1 aliphatic heterocycles. The van der Waals surface area contributed by atoms with E-state index in [1.54, 1.807) is 18.5 Å². The number of primary amides is 1. The molecule has 1 saturated heterocycles. The summed E-state index contributed by atoms with van der Waals surface area (Å²) in [5.41, 5.74) is 8.03. The molecule has 0 spiro atoms. The first-order valence-electron chi connectivity index (χ1n) is 12.2. The molecule has 0 unspecified atom stereocenters. The third kappa shape index (κ3) is 5.41. The van der Waals surface area contributed by atoms with E-state index in [4.69, 9.17) is 26.8 Å². The topological polar surface area (TPSA) is 120 Å². The number of hydrogen-bond acceptors (Lipinski definition) is 6. The van der Waals surface area contributed by atoms with Gasteiger partial charge in [-0.3, -0.25) is 9.36 Å². The maximum atomic E-state index is 12.2. The molecule has 0 aliphatic carbocycles. The Hall–Kier alpha value is -3.76. The minimum absolute atomic E-state index is 0.135. The number of nitrogens with two attached hydrogens (primary N) is 1. The number of carbonyl (C=O) groups excluding carboxylic acids is 1. The van der Waals surface area contributed by atoms with Crippen LogP contribution in [0.1, 0.15) is 41.1 Å². The number of ether oxygens (including phenoxy) is 2. The van der Waals surface area contributed by atoms with Crippen LogP contribution in [0.2, 0.25) is 5.02 Å². The summed E-state index contributed by atoms with van der Waals surface area (Å²) in [6.07, 6.45) is 2.13. The fourth-order valence-electron chi connectivity index (χ4n) is 4.64. The molecule has 3 N–H and O–H groups in total. The average Bonchev–Trinajstić information content (AvgIpc) is 3.51. The number of hydrogen-bond donors (Lipinski definition) is 2. The lowest BCUT2D eigenvalue weighted by Crippen LogP contribution is -2.40. The molecule has 38 heavy (non-hydrogen) atoms. The molecular weight excluding hydrogens is 528 g/mol. The molecule has 198 valence electrons. The van der Waals surface area contributed by atoms with E-state index in [0.29, 0.717) is 46.1 Å². The van der Waals surface area contributed by atoms with Crippen molar-refractivity contribution >= 4 is 46.0 Å². The number of nitrogens with zero attached hydrogens (tertiary/aromatic N) is 3. The predicted molar refractivity (Wildman–Crippen MR) is 146 cm³/mol. The van der Waals surface area contributed by atoms with Crippen molar-refractivity contribution in [2.75, 3.05) is 19.7 Å². The number of carbonyl (C=O) groups is 2. The Labute approximate surface area is 228 Å². The van der Waals surface area contributed by atoms with Gasteiger partial charge in [-0.2, -0.15) is 0 Å². The Kier molecular flexibility index (Phi) is 7.44. The third-order valence-corrected chi connectivity index (χ3v) is 8.06. The molecule has 9 nitrogen and oxygen atoms in total. The molecule has 0 saturated carbocycles. The summed E-state index contributed by atoms with van der Waals surface area (Å²) >= 11 is 7.54. The number of carboxylic acid groups (broad SMARTS) is 1. The van der Waals surface area contributed by atoms with Crippen molar-refractivity contribution in [2.24, 2.45) is 11.7 Å². The second-order valence-electron chi connectivity index (χ2n) is 9.24. The lowest BCUT2D eigenvalue weighted by molar-refractivity contribution is 0.0997. The Morgan fingerprint density at radius 3 is 2.84 bits per heavy atom. The van der Waals surface area contributed by atoms with Crippen molar-refractivity contribution in [1.29, 1.82) is 0 Å². The van der Waals surface area contributed by atoms with E-state index in [9.17, 15) is 14.7 Å². The molecule has 3 heterocycles. The molecule has 1 aliphatic rings. The first-order chi connectivity index (χ1) is 18.3. The Balaban J connectivity index is 1.38. The summed E-state index contributed by atoms with van der Waals surface area (Å²) in [6, 6.07) is 14.8. The van der Waals surface area contributed by atoms with Gasteiger partial charge in [0.2, 0.25) is 0 Å². The van der Waals surface area contributed by atoms with Crippen LogP contribution >= 0.6 is 22.9 Å². The van der Waals surface area contributed by atoms with Gasteiger partial charge in [-0.15, -0.1) is 11.3 Å². The zero-order valence-electron chi connectivity index (χ0n) is 20.7. The van der Waals surface area contributed by atoms with Crippen molar-refractivity contribution in [1.82, 2.24) is 14.5 Å². The fraction of sp³-hybridized carbons (Fsp3) is 0.296. The van der Waals surface area contributed by atoms with Gasteiger partial charge in [0.05, 0.1) is 17.6 Å². The quantitative estimate of drug-likeness (QED) is 0.286. The number of fused-ring (bicyclic) bond motifs is 1. The van der Waals surface area contributed by atoms with Crippen LogP contribution in [0, 0.1) is 5.92 Å². The molecule has 1 fully saturated rings. The van der Waals surface area contributed by atoms with Crippen LogP contribution in [0.5, 0.6) is 11.5 Å². The van der Waals surface area contributed by atoms with Crippen LogP contribution < -0.4 is 15.2 Å².